The van der Waals surface area contributed by atoms with Crippen molar-refractivity contribution < 1.29 is 9.59 Å². The maximum absolute atomic E-state index is 12.2. The Labute approximate surface area is 186 Å². The molecular formula is C24H26N6O2. The second-order valence-corrected chi connectivity index (χ2v) is 7.66. The van der Waals surface area contributed by atoms with Crippen LogP contribution in [0.5, 0.6) is 0 Å². The van der Waals surface area contributed by atoms with E-state index in [1.165, 1.54) is 6.20 Å². The third-order valence-corrected chi connectivity index (χ3v) is 5.30. The Balaban J connectivity index is 1.42. The zero-order chi connectivity index (χ0) is 22.3. The molecule has 164 valence electrons. The first-order chi connectivity index (χ1) is 15.6. The van der Waals surface area contributed by atoms with E-state index in [-0.39, 0.29) is 11.9 Å². The average Bonchev–Trinajstić information content (AvgIpc) is 3.35. The van der Waals surface area contributed by atoms with E-state index in [9.17, 15) is 9.59 Å². The lowest BCUT2D eigenvalue weighted by Gasteiger charge is -2.14. The number of carbonyl (C=O) groups excluding carboxylic acids is 2. The number of primary amides is 1. The molecule has 1 aliphatic heterocycles. The van der Waals surface area contributed by atoms with Gasteiger partial charge in [-0.1, -0.05) is 30.3 Å². The molecule has 6 N–H and O–H groups in total. The molecular weight excluding hydrogens is 404 g/mol. The lowest BCUT2D eigenvalue weighted by Crippen LogP contribution is -2.35. The molecule has 32 heavy (non-hydrogen) atoms. The number of nitrogens with two attached hydrogens (primary N) is 1. The molecule has 1 atom stereocenters. The summed E-state index contributed by atoms with van der Waals surface area (Å²) >= 11 is 0. The molecule has 0 bridgehead atoms. The largest absolute Gasteiger partial charge is 0.380 e. The van der Waals surface area contributed by atoms with E-state index in [0.717, 1.165) is 36.3 Å². The van der Waals surface area contributed by atoms with Crippen LogP contribution in [0.1, 0.15) is 28.8 Å². The van der Waals surface area contributed by atoms with Crippen molar-refractivity contribution in [1.29, 1.82) is 0 Å². The highest BCUT2D eigenvalue weighted by Crippen LogP contribution is 2.23. The van der Waals surface area contributed by atoms with Gasteiger partial charge < -0.3 is 27.0 Å². The van der Waals surface area contributed by atoms with Crippen LogP contribution < -0.4 is 27.0 Å². The van der Waals surface area contributed by atoms with Gasteiger partial charge in [0.2, 0.25) is 5.91 Å². The number of aromatic nitrogens is 1. The Bertz CT molecular complexity index is 1080. The van der Waals surface area contributed by atoms with E-state index in [1.54, 1.807) is 6.07 Å². The summed E-state index contributed by atoms with van der Waals surface area (Å²) in [5.74, 6) is 0.00927. The molecule has 2 amide bonds. The van der Waals surface area contributed by atoms with Gasteiger partial charge in [-0.25, -0.2) is 4.98 Å². The molecule has 1 aliphatic rings. The molecule has 4 rings (SSSR count). The number of pyridine rings is 1. The number of anilines is 4. The maximum Gasteiger partial charge on any atom is 0.252 e. The number of hydrogen-bond donors (Lipinski definition) is 5. The number of amides is 2. The van der Waals surface area contributed by atoms with Crippen molar-refractivity contribution in [2.45, 2.75) is 25.4 Å². The zero-order valence-electron chi connectivity index (χ0n) is 17.6. The summed E-state index contributed by atoms with van der Waals surface area (Å²) in [6, 6.07) is 18.9. The van der Waals surface area contributed by atoms with Crippen molar-refractivity contribution >= 4 is 34.7 Å². The smallest absolute Gasteiger partial charge is 0.252 e. The second kappa shape index (κ2) is 9.93. The van der Waals surface area contributed by atoms with Gasteiger partial charge in [-0.15, -0.1) is 0 Å². The van der Waals surface area contributed by atoms with Gasteiger partial charge in [0.05, 0.1) is 17.3 Å². The summed E-state index contributed by atoms with van der Waals surface area (Å²) in [5.41, 5.74) is 9.05. The third kappa shape index (κ3) is 5.41. The first-order valence-electron chi connectivity index (χ1n) is 10.6. The third-order valence-electron chi connectivity index (χ3n) is 5.30. The topological polar surface area (TPSA) is 121 Å². The molecule has 2 heterocycles. The summed E-state index contributed by atoms with van der Waals surface area (Å²) < 4.78 is 0. The molecule has 0 unspecified atom stereocenters. The summed E-state index contributed by atoms with van der Waals surface area (Å²) in [6.45, 7) is 1.43. The van der Waals surface area contributed by atoms with Crippen LogP contribution in [-0.2, 0) is 11.3 Å². The summed E-state index contributed by atoms with van der Waals surface area (Å²) in [6.07, 6.45) is 3.34. The van der Waals surface area contributed by atoms with Crippen LogP contribution in [0.15, 0.2) is 66.9 Å². The van der Waals surface area contributed by atoms with Gasteiger partial charge in [-0.05, 0) is 49.2 Å². The van der Waals surface area contributed by atoms with E-state index < -0.39 is 5.91 Å². The van der Waals surface area contributed by atoms with Gasteiger partial charge in [-0.2, -0.15) is 0 Å². The number of benzene rings is 2. The summed E-state index contributed by atoms with van der Waals surface area (Å²) in [7, 11) is 0. The van der Waals surface area contributed by atoms with E-state index in [0.29, 0.717) is 23.6 Å². The van der Waals surface area contributed by atoms with E-state index in [2.05, 4.69) is 26.3 Å². The number of carbonyl (C=O) groups is 2. The molecule has 3 aromatic rings. The van der Waals surface area contributed by atoms with Crippen molar-refractivity contribution in [3.8, 4) is 0 Å². The van der Waals surface area contributed by atoms with Crippen LogP contribution >= 0.6 is 0 Å². The fourth-order valence-corrected chi connectivity index (χ4v) is 3.58. The number of nitrogens with one attached hydrogen (secondary N) is 4. The lowest BCUT2D eigenvalue weighted by atomic mass is 10.2. The first-order valence-corrected chi connectivity index (χ1v) is 10.6. The van der Waals surface area contributed by atoms with Gasteiger partial charge in [0.25, 0.3) is 5.91 Å². The van der Waals surface area contributed by atoms with Crippen LogP contribution in [0.25, 0.3) is 0 Å². The molecule has 0 aliphatic carbocycles. The minimum atomic E-state index is -0.545. The van der Waals surface area contributed by atoms with E-state index >= 15 is 0 Å². The molecule has 0 spiro atoms. The van der Waals surface area contributed by atoms with Crippen LogP contribution in [-0.4, -0.2) is 29.4 Å². The van der Waals surface area contributed by atoms with Crippen molar-refractivity contribution in [2.24, 2.45) is 5.73 Å². The molecule has 0 radical (unpaired) electrons. The van der Waals surface area contributed by atoms with Crippen LogP contribution in [0.3, 0.4) is 0 Å². The highest BCUT2D eigenvalue weighted by molar-refractivity contribution is 5.98. The first kappa shape index (κ1) is 21.3. The summed E-state index contributed by atoms with van der Waals surface area (Å²) in [5, 5.41) is 12.6. The van der Waals surface area contributed by atoms with Gasteiger partial charge in [0, 0.05) is 30.2 Å². The average molecular weight is 431 g/mol. The summed E-state index contributed by atoms with van der Waals surface area (Å²) in [4.78, 5) is 28.3. The van der Waals surface area contributed by atoms with Gasteiger partial charge in [0.15, 0.2) is 0 Å². The Hall–Kier alpha value is -3.91. The van der Waals surface area contributed by atoms with Gasteiger partial charge in [-0.3, -0.25) is 9.59 Å². The predicted molar refractivity (Wildman–Crippen MR) is 126 cm³/mol. The Morgan fingerprint density at radius 1 is 1.06 bits per heavy atom. The Kier molecular flexibility index (Phi) is 6.62. The minimum absolute atomic E-state index is 0.0129. The van der Waals surface area contributed by atoms with Crippen LogP contribution in [0.4, 0.5) is 22.9 Å². The molecule has 1 aromatic heterocycles. The van der Waals surface area contributed by atoms with Crippen molar-refractivity contribution in [3.63, 3.8) is 0 Å². The van der Waals surface area contributed by atoms with Gasteiger partial charge in [0.1, 0.15) is 5.82 Å². The second-order valence-electron chi connectivity index (χ2n) is 7.66. The predicted octanol–water partition coefficient (Wildman–Crippen LogP) is 3.23. The maximum atomic E-state index is 12.2. The molecule has 0 saturated carbocycles. The molecule has 2 aromatic carbocycles. The molecule has 8 heteroatoms. The van der Waals surface area contributed by atoms with Crippen LogP contribution in [0, 0.1) is 0 Å². The Morgan fingerprint density at radius 2 is 1.81 bits per heavy atom. The quantitative estimate of drug-likeness (QED) is 0.374. The number of hydrogen-bond acceptors (Lipinski definition) is 6. The number of nitrogens with zero attached hydrogens (tertiary/aromatic N) is 1. The van der Waals surface area contributed by atoms with Crippen molar-refractivity contribution in [3.05, 3.63) is 78.0 Å². The van der Waals surface area contributed by atoms with E-state index in [4.69, 9.17) is 5.73 Å². The van der Waals surface area contributed by atoms with Crippen molar-refractivity contribution in [1.82, 2.24) is 10.3 Å². The highest BCUT2D eigenvalue weighted by Gasteiger charge is 2.21. The van der Waals surface area contributed by atoms with Crippen molar-refractivity contribution in [2.75, 3.05) is 22.5 Å². The monoisotopic (exact) mass is 430 g/mol. The van der Waals surface area contributed by atoms with Gasteiger partial charge >= 0.3 is 0 Å². The molecule has 1 saturated heterocycles. The van der Waals surface area contributed by atoms with E-state index in [1.807, 2.05) is 54.6 Å². The number of rotatable bonds is 8. The van der Waals surface area contributed by atoms with Crippen LogP contribution in [0.2, 0.25) is 0 Å². The lowest BCUT2D eigenvalue weighted by molar-refractivity contribution is -0.117. The fourth-order valence-electron chi connectivity index (χ4n) is 3.58. The minimum Gasteiger partial charge on any atom is -0.380 e. The molecule has 1 fully saturated rings. The standard InChI is InChI=1S/C24H26N6O2/c25-23(31)19-15-28-22(13-21(19)27-14-16-5-2-1-3-6-16)29-17-8-10-18(11-9-17)30-24(32)20-7-4-12-26-20/h1-3,5-6,8-11,13,15,20,26H,4,7,12,14H2,(H2,25,31)(H,30,32)(H2,27,28,29)/t20-/m0/s1. The molecule has 8 nitrogen and oxygen atoms in total. The zero-order valence-corrected chi connectivity index (χ0v) is 17.6. The Morgan fingerprint density at radius 3 is 2.50 bits per heavy atom. The SMILES string of the molecule is NC(=O)c1cnc(Nc2ccc(NC(=O)[C@@H]3CCCN3)cc2)cc1NCc1ccccc1. The highest BCUT2D eigenvalue weighted by atomic mass is 16.2. The fraction of sp³-hybridized carbons (Fsp3) is 0.208. The normalized spacial score (nSPS) is 15.2.